The smallest absolute Gasteiger partial charge is 0.222 e. The third-order valence-electron chi connectivity index (χ3n) is 4.46. The van der Waals surface area contributed by atoms with Crippen LogP contribution in [0, 0.1) is 5.92 Å². The minimum absolute atomic E-state index is 0.180. The molecular formula is C15H28N2O2. The number of carbonyl (C=O) groups excluding carboxylic acids is 1. The van der Waals surface area contributed by atoms with Crippen LogP contribution in [0.2, 0.25) is 0 Å². The Hall–Kier alpha value is -0.610. The average molecular weight is 268 g/mol. The van der Waals surface area contributed by atoms with Crippen LogP contribution in [-0.2, 0) is 9.53 Å². The summed E-state index contributed by atoms with van der Waals surface area (Å²) in [6.07, 6.45) is 7.56. The molecule has 1 heterocycles. The predicted octanol–water partition coefficient (Wildman–Crippen LogP) is 1.92. The first-order valence-corrected chi connectivity index (χ1v) is 7.80. The van der Waals surface area contributed by atoms with Crippen LogP contribution in [0.25, 0.3) is 0 Å². The number of nitrogens with two attached hydrogens (primary N) is 1. The van der Waals surface area contributed by atoms with E-state index >= 15 is 0 Å². The van der Waals surface area contributed by atoms with Gasteiger partial charge in [0, 0.05) is 32.2 Å². The zero-order chi connectivity index (χ0) is 13.7. The molecule has 1 saturated carbocycles. The highest BCUT2D eigenvalue weighted by molar-refractivity contribution is 5.76. The summed E-state index contributed by atoms with van der Waals surface area (Å²) in [5.41, 5.74) is 5.91. The van der Waals surface area contributed by atoms with Gasteiger partial charge in [-0.15, -0.1) is 0 Å². The van der Waals surface area contributed by atoms with Gasteiger partial charge in [-0.3, -0.25) is 4.79 Å². The van der Waals surface area contributed by atoms with E-state index in [1.165, 1.54) is 12.8 Å². The Bertz CT molecular complexity index is 288. The van der Waals surface area contributed by atoms with Gasteiger partial charge in [0.05, 0.1) is 6.10 Å². The van der Waals surface area contributed by atoms with Crippen molar-refractivity contribution in [3.63, 3.8) is 0 Å². The fourth-order valence-corrected chi connectivity index (χ4v) is 3.18. The third-order valence-corrected chi connectivity index (χ3v) is 4.46. The molecule has 0 spiro atoms. The third kappa shape index (κ3) is 4.77. The molecule has 0 radical (unpaired) electrons. The Balaban J connectivity index is 1.71. The van der Waals surface area contributed by atoms with Crippen LogP contribution in [0.4, 0.5) is 0 Å². The highest BCUT2D eigenvalue weighted by Crippen LogP contribution is 2.27. The van der Waals surface area contributed by atoms with E-state index in [1.54, 1.807) is 0 Å². The Labute approximate surface area is 116 Å². The fraction of sp³-hybridized carbons (Fsp3) is 0.933. The van der Waals surface area contributed by atoms with E-state index in [4.69, 9.17) is 10.5 Å². The molecule has 1 saturated heterocycles. The van der Waals surface area contributed by atoms with E-state index in [2.05, 4.69) is 0 Å². The van der Waals surface area contributed by atoms with Gasteiger partial charge >= 0.3 is 0 Å². The first-order chi connectivity index (χ1) is 9.15. The van der Waals surface area contributed by atoms with Gasteiger partial charge in [0.25, 0.3) is 0 Å². The number of ether oxygens (including phenoxy) is 1. The molecule has 2 fully saturated rings. The molecule has 1 atom stereocenters. The van der Waals surface area contributed by atoms with Crippen molar-refractivity contribution in [3.05, 3.63) is 0 Å². The second-order valence-corrected chi connectivity index (χ2v) is 6.19. The summed E-state index contributed by atoms with van der Waals surface area (Å²) in [6, 6.07) is 0.399. The summed E-state index contributed by atoms with van der Waals surface area (Å²) >= 11 is 0. The number of hydrogen-bond donors (Lipinski definition) is 1. The first-order valence-electron chi connectivity index (χ1n) is 7.80. The van der Waals surface area contributed by atoms with Gasteiger partial charge in [-0.25, -0.2) is 0 Å². The molecular weight excluding hydrogens is 240 g/mol. The average Bonchev–Trinajstić information content (AvgIpc) is 2.62. The zero-order valence-corrected chi connectivity index (χ0v) is 12.1. The van der Waals surface area contributed by atoms with E-state index in [9.17, 15) is 4.79 Å². The predicted molar refractivity (Wildman–Crippen MR) is 75.8 cm³/mol. The van der Waals surface area contributed by atoms with Crippen molar-refractivity contribution in [2.75, 3.05) is 19.7 Å². The maximum absolute atomic E-state index is 12.2. The molecule has 1 aliphatic heterocycles. The van der Waals surface area contributed by atoms with Gasteiger partial charge in [-0.1, -0.05) is 0 Å². The van der Waals surface area contributed by atoms with Crippen molar-refractivity contribution in [2.24, 2.45) is 11.7 Å². The molecule has 1 amide bonds. The minimum atomic E-state index is 0.180. The van der Waals surface area contributed by atoms with E-state index in [0.717, 1.165) is 45.4 Å². The minimum Gasteiger partial charge on any atom is -0.377 e. The molecule has 110 valence electrons. The van der Waals surface area contributed by atoms with E-state index in [1.807, 2.05) is 11.8 Å². The second kappa shape index (κ2) is 7.25. The summed E-state index contributed by atoms with van der Waals surface area (Å²) < 4.78 is 5.58. The molecule has 2 rings (SSSR count). The monoisotopic (exact) mass is 268 g/mol. The van der Waals surface area contributed by atoms with Crippen LogP contribution in [-0.4, -0.2) is 42.6 Å². The lowest BCUT2D eigenvalue weighted by Gasteiger charge is -2.27. The molecule has 1 aliphatic carbocycles. The van der Waals surface area contributed by atoms with Crippen molar-refractivity contribution in [1.29, 1.82) is 0 Å². The fourth-order valence-electron chi connectivity index (χ4n) is 3.18. The second-order valence-electron chi connectivity index (χ2n) is 6.19. The van der Waals surface area contributed by atoms with Gasteiger partial charge in [0.2, 0.25) is 5.91 Å². The summed E-state index contributed by atoms with van der Waals surface area (Å²) in [5, 5.41) is 0. The Morgan fingerprint density at radius 1 is 1.32 bits per heavy atom. The Kier molecular flexibility index (Phi) is 5.64. The number of hydrogen-bond acceptors (Lipinski definition) is 3. The van der Waals surface area contributed by atoms with Crippen LogP contribution in [0.1, 0.15) is 51.9 Å². The van der Waals surface area contributed by atoms with Crippen molar-refractivity contribution < 1.29 is 9.53 Å². The molecule has 0 aromatic carbocycles. The summed E-state index contributed by atoms with van der Waals surface area (Å²) in [5.74, 6) is 1.02. The van der Waals surface area contributed by atoms with Crippen molar-refractivity contribution >= 4 is 5.91 Å². The topological polar surface area (TPSA) is 55.6 Å². The van der Waals surface area contributed by atoms with E-state index in [-0.39, 0.29) is 6.10 Å². The SMILES string of the molecule is CC1CN(C(=O)CCC2CCC(N)CC2)CCCO1. The lowest BCUT2D eigenvalue weighted by atomic mass is 9.84. The zero-order valence-electron chi connectivity index (χ0n) is 12.1. The van der Waals surface area contributed by atoms with Crippen LogP contribution < -0.4 is 5.73 Å². The lowest BCUT2D eigenvalue weighted by molar-refractivity contribution is -0.132. The lowest BCUT2D eigenvalue weighted by Crippen LogP contribution is -2.36. The van der Waals surface area contributed by atoms with Gasteiger partial charge in [0.15, 0.2) is 0 Å². The number of amides is 1. The molecule has 0 aromatic rings. The molecule has 4 heteroatoms. The maximum Gasteiger partial charge on any atom is 0.222 e. The highest BCUT2D eigenvalue weighted by atomic mass is 16.5. The molecule has 19 heavy (non-hydrogen) atoms. The Morgan fingerprint density at radius 3 is 2.79 bits per heavy atom. The van der Waals surface area contributed by atoms with Crippen LogP contribution in [0.15, 0.2) is 0 Å². The molecule has 0 aromatic heterocycles. The Morgan fingerprint density at radius 2 is 2.05 bits per heavy atom. The van der Waals surface area contributed by atoms with Crippen LogP contribution >= 0.6 is 0 Å². The van der Waals surface area contributed by atoms with Gasteiger partial charge in [-0.05, 0) is 51.4 Å². The molecule has 2 aliphatic rings. The summed E-state index contributed by atoms with van der Waals surface area (Å²) in [7, 11) is 0. The van der Waals surface area contributed by atoms with Crippen molar-refractivity contribution in [2.45, 2.75) is 64.0 Å². The quantitative estimate of drug-likeness (QED) is 0.851. The molecule has 2 N–H and O–H groups in total. The standard InChI is InChI=1S/C15H28N2O2/c1-12-11-17(9-2-10-19-12)15(18)8-5-13-3-6-14(16)7-4-13/h12-14H,2-11,16H2,1H3. The number of carbonyl (C=O) groups is 1. The largest absolute Gasteiger partial charge is 0.377 e. The van der Waals surface area contributed by atoms with Crippen molar-refractivity contribution in [1.82, 2.24) is 4.90 Å². The van der Waals surface area contributed by atoms with E-state index < -0.39 is 0 Å². The van der Waals surface area contributed by atoms with Crippen LogP contribution in [0.5, 0.6) is 0 Å². The van der Waals surface area contributed by atoms with Gasteiger partial charge in [0.1, 0.15) is 0 Å². The van der Waals surface area contributed by atoms with Crippen molar-refractivity contribution in [3.8, 4) is 0 Å². The van der Waals surface area contributed by atoms with Gasteiger partial charge in [-0.2, -0.15) is 0 Å². The maximum atomic E-state index is 12.2. The molecule has 4 nitrogen and oxygen atoms in total. The highest BCUT2D eigenvalue weighted by Gasteiger charge is 2.22. The van der Waals surface area contributed by atoms with E-state index in [0.29, 0.717) is 24.3 Å². The van der Waals surface area contributed by atoms with Gasteiger partial charge < -0.3 is 15.4 Å². The summed E-state index contributed by atoms with van der Waals surface area (Å²) in [4.78, 5) is 14.2. The summed E-state index contributed by atoms with van der Waals surface area (Å²) in [6.45, 7) is 4.45. The molecule has 0 bridgehead atoms. The normalized spacial score (nSPS) is 32.9. The molecule has 1 unspecified atom stereocenters. The number of nitrogens with zero attached hydrogens (tertiary/aromatic N) is 1. The number of rotatable bonds is 3. The van der Waals surface area contributed by atoms with Crippen LogP contribution in [0.3, 0.4) is 0 Å². The first kappa shape index (κ1) is 14.8.